The maximum Gasteiger partial charge on any atom is 0.0891 e. The molecule has 2 aromatic rings. The molecule has 0 bridgehead atoms. The van der Waals surface area contributed by atoms with E-state index in [1.54, 1.807) is 13.0 Å². The summed E-state index contributed by atoms with van der Waals surface area (Å²) in [5.74, 6) is 0.539. The maximum atomic E-state index is 9.34. The zero-order valence-corrected chi connectivity index (χ0v) is 12.0. The van der Waals surface area contributed by atoms with Crippen molar-refractivity contribution in [1.29, 1.82) is 0 Å². The van der Waals surface area contributed by atoms with Crippen LogP contribution in [-0.2, 0) is 0 Å². The van der Waals surface area contributed by atoms with E-state index in [4.69, 9.17) is 0 Å². The molecule has 20 heavy (non-hydrogen) atoms. The van der Waals surface area contributed by atoms with Crippen LogP contribution in [0, 0.1) is 0 Å². The second-order valence-corrected chi connectivity index (χ2v) is 4.97. The van der Waals surface area contributed by atoms with Gasteiger partial charge >= 0.3 is 0 Å². The highest BCUT2D eigenvalue weighted by molar-refractivity contribution is 5.41. The molecule has 1 heteroatoms. The van der Waals surface area contributed by atoms with Gasteiger partial charge in [-0.3, -0.25) is 0 Å². The Morgan fingerprint density at radius 1 is 0.800 bits per heavy atom. The number of benzene rings is 2. The normalized spacial score (nSPS) is 12.8. The fraction of sp³-hybridized carbons (Fsp3) is 0.158. The van der Waals surface area contributed by atoms with Crippen molar-refractivity contribution in [2.75, 3.05) is 0 Å². The lowest BCUT2D eigenvalue weighted by Crippen LogP contribution is -2.02. The Hall–Kier alpha value is -2.28. The quantitative estimate of drug-likeness (QED) is 0.592. The van der Waals surface area contributed by atoms with Gasteiger partial charge < -0.3 is 5.11 Å². The predicted molar refractivity (Wildman–Crippen MR) is 84.9 cm³/mol. The Morgan fingerprint density at radius 3 is 1.65 bits per heavy atom. The van der Waals surface area contributed by atoms with Crippen molar-refractivity contribution < 1.29 is 5.11 Å². The first-order chi connectivity index (χ1) is 9.68. The van der Waals surface area contributed by atoms with Crippen molar-refractivity contribution in [2.45, 2.75) is 19.8 Å². The third kappa shape index (κ3) is 3.61. The molecule has 2 aromatic carbocycles. The minimum atomic E-state index is 0.216. The van der Waals surface area contributed by atoms with E-state index >= 15 is 0 Å². The second-order valence-electron chi connectivity index (χ2n) is 4.97. The Morgan fingerprint density at radius 2 is 1.25 bits per heavy atom. The van der Waals surface area contributed by atoms with Crippen molar-refractivity contribution in [3.8, 4) is 0 Å². The van der Waals surface area contributed by atoms with Crippen molar-refractivity contribution in [3.05, 3.63) is 95.3 Å². The first kappa shape index (κ1) is 14.1. The van der Waals surface area contributed by atoms with Gasteiger partial charge in [-0.2, -0.15) is 0 Å². The second kappa shape index (κ2) is 6.76. The van der Waals surface area contributed by atoms with Crippen LogP contribution < -0.4 is 0 Å². The van der Waals surface area contributed by atoms with Gasteiger partial charge in [-0.25, -0.2) is 0 Å². The lowest BCUT2D eigenvalue weighted by Gasteiger charge is -2.19. The summed E-state index contributed by atoms with van der Waals surface area (Å²) < 4.78 is 0. The smallest absolute Gasteiger partial charge is 0.0891 e. The summed E-state index contributed by atoms with van der Waals surface area (Å²) in [5, 5.41) is 9.34. The van der Waals surface area contributed by atoms with Crippen LogP contribution in [0.5, 0.6) is 0 Å². The lowest BCUT2D eigenvalue weighted by molar-refractivity contribution is 0.414. The molecule has 0 aliphatic rings. The first-order valence-electron chi connectivity index (χ1n) is 6.82. The fourth-order valence-corrected chi connectivity index (χ4v) is 2.36. The van der Waals surface area contributed by atoms with Gasteiger partial charge in [0.15, 0.2) is 0 Å². The molecule has 2 rings (SSSR count). The van der Waals surface area contributed by atoms with Crippen LogP contribution in [-0.4, -0.2) is 5.11 Å². The monoisotopic (exact) mass is 264 g/mol. The van der Waals surface area contributed by atoms with Gasteiger partial charge in [0.25, 0.3) is 0 Å². The molecule has 102 valence electrons. The van der Waals surface area contributed by atoms with E-state index in [1.807, 2.05) is 18.2 Å². The Labute approximate surface area is 120 Å². The molecule has 0 spiro atoms. The van der Waals surface area contributed by atoms with Gasteiger partial charge in [0.1, 0.15) is 0 Å². The van der Waals surface area contributed by atoms with Gasteiger partial charge in [-0.1, -0.05) is 72.3 Å². The number of hydrogen-bond donors (Lipinski definition) is 1. The number of rotatable bonds is 4. The minimum Gasteiger partial charge on any atom is -0.513 e. The van der Waals surface area contributed by atoms with Crippen LogP contribution in [0.15, 0.2) is 84.1 Å². The average molecular weight is 264 g/mol. The van der Waals surface area contributed by atoms with E-state index in [0.29, 0.717) is 5.76 Å². The minimum absolute atomic E-state index is 0.216. The van der Waals surface area contributed by atoms with Gasteiger partial charge in [0, 0.05) is 5.92 Å². The summed E-state index contributed by atoms with van der Waals surface area (Å²) in [4.78, 5) is 0. The van der Waals surface area contributed by atoms with E-state index in [1.165, 1.54) is 16.7 Å². The fourth-order valence-electron chi connectivity index (χ4n) is 2.36. The van der Waals surface area contributed by atoms with Crippen LogP contribution in [0.2, 0.25) is 0 Å². The molecular weight excluding hydrogens is 244 g/mol. The van der Waals surface area contributed by atoms with Gasteiger partial charge in [-0.15, -0.1) is 0 Å². The molecule has 0 aliphatic carbocycles. The topological polar surface area (TPSA) is 20.2 Å². The summed E-state index contributed by atoms with van der Waals surface area (Å²) >= 11 is 0. The molecule has 1 N–H and O–H groups in total. The summed E-state index contributed by atoms with van der Waals surface area (Å²) in [7, 11) is 0. The van der Waals surface area contributed by atoms with Crippen molar-refractivity contribution in [2.24, 2.45) is 0 Å². The summed E-state index contributed by atoms with van der Waals surface area (Å²) in [6, 6.07) is 20.9. The van der Waals surface area contributed by atoms with Crippen LogP contribution in [0.4, 0.5) is 0 Å². The number of aliphatic hydroxyl groups is 1. The van der Waals surface area contributed by atoms with Crippen LogP contribution in [0.3, 0.4) is 0 Å². The van der Waals surface area contributed by atoms with E-state index < -0.39 is 0 Å². The Kier molecular flexibility index (Phi) is 4.78. The number of allylic oxidation sites excluding steroid dienone is 4. The van der Waals surface area contributed by atoms with Gasteiger partial charge in [0.2, 0.25) is 0 Å². The summed E-state index contributed by atoms with van der Waals surface area (Å²) in [6.07, 6.45) is 3.73. The first-order valence-corrected chi connectivity index (χ1v) is 6.82. The maximum absolute atomic E-state index is 9.34. The van der Waals surface area contributed by atoms with Crippen molar-refractivity contribution in [1.82, 2.24) is 0 Å². The molecule has 0 heterocycles. The third-order valence-electron chi connectivity index (χ3n) is 3.31. The SMILES string of the molecule is C/C(O)=C\C=C(/C)C(c1ccccc1)c1ccccc1. The molecule has 0 fully saturated rings. The molecular formula is C19H20O. The molecule has 1 nitrogen and oxygen atoms in total. The molecule has 0 aromatic heterocycles. The van der Waals surface area contributed by atoms with Crippen LogP contribution in [0.1, 0.15) is 30.9 Å². The third-order valence-corrected chi connectivity index (χ3v) is 3.31. The molecule has 0 atom stereocenters. The lowest BCUT2D eigenvalue weighted by atomic mass is 9.85. The zero-order valence-electron chi connectivity index (χ0n) is 12.0. The van der Waals surface area contributed by atoms with Crippen LogP contribution in [0.25, 0.3) is 0 Å². The van der Waals surface area contributed by atoms with E-state index in [-0.39, 0.29) is 5.92 Å². The highest BCUT2D eigenvalue weighted by Crippen LogP contribution is 2.31. The number of aliphatic hydroxyl groups excluding tert-OH is 1. The summed E-state index contributed by atoms with van der Waals surface area (Å²) in [6.45, 7) is 3.79. The van der Waals surface area contributed by atoms with Crippen molar-refractivity contribution >= 4 is 0 Å². The molecule has 0 amide bonds. The molecule has 0 unspecified atom stereocenters. The summed E-state index contributed by atoms with van der Waals surface area (Å²) in [5.41, 5.74) is 3.73. The van der Waals surface area contributed by atoms with Crippen molar-refractivity contribution in [3.63, 3.8) is 0 Å². The van der Waals surface area contributed by atoms with Gasteiger partial charge in [0.05, 0.1) is 5.76 Å². The molecule has 0 aliphatic heterocycles. The van der Waals surface area contributed by atoms with Crippen LogP contribution >= 0.6 is 0 Å². The van der Waals surface area contributed by atoms with E-state index in [2.05, 4.69) is 55.5 Å². The largest absolute Gasteiger partial charge is 0.513 e. The molecule has 0 saturated carbocycles. The number of hydrogen-bond acceptors (Lipinski definition) is 1. The standard InChI is InChI=1S/C19H20O/c1-15(13-14-16(2)20)19(17-9-5-3-6-10-17)18-11-7-4-8-12-18/h3-14,19-20H,1-2H3/b15-13+,16-14+. The molecule has 0 radical (unpaired) electrons. The highest BCUT2D eigenvalue weighted by Gasteiger charge is 2.14. The van der Waals surface area contributed by atoms with Gasteiger partial charge in [-0.05, 0) is 31.1 Å². The average Bonchev–Trinajstić information content (AvgIpc) is 2.48. The molecule has 0 saturated heterocycles. The zero-order chi connectivity index (χ0) is 14.4. The predicted octanol–water partition coefficient (Wildman–Crippen LogP) is 5.23. The Bertz CT molecular complexity index is 551. The Balaban J connectivity index is 2.46. The van der Waals surface area contributed by atoms with E-state index in [9.17, 15) is 5.11 Å². The highest BCUT2D eigenvalue weighted by atomic mass is 16.3. The van der Waals surface area contributed by atoms with E-state index in [0.717, 1.165) is 0 Å².